The Morgan fingerprint density at radius 3 is 1.03 bits per heavy atom. The van der Waals surface area contributed by atoms with E-state index in [0.29, 0.717) is 5.82 Å². The van der Waals surface area contributed by atoms with Crippen molar-refractivity contribution in [3.05, 3.63) is 253 Å². The van der Waals surface area contributed by atoms with Gasteiger partial charge in [0.2, 0.25) is 0 Å². The molecule has 2 aliphatic carbocycles. The number of aromatic nitrogens is 2. The van der Waals surface area contributed by atoms with Gasteiger partial charge in [0.15, 0.2) is 5.82 Å². The Bertz CT molecular complexity index is 3130. The molecule has 0 aliphatic heterocycles. The number of rotatable bonds is 5. The van der Waals surface area contributed by atoms with Gasteiger partial charge in [0.25, 0.3) is 0 Å². The number of fused-ring (bicyclic) bond motifs is 12. The molecule has 0 bridgehead atoms. The largest absolute Gasteiger partial charge is 0.228 e. The molecule has 0 saturated heterocycles. The molecule has 10 aromatic rings. The van der Waals surface area contributed by atoms with Crippen molar-refractivity contribution in [3.63, 3.8) is 0 Å². The highest BCUT2D eigenvalue weighted by atomic mass is 14.9. The van der Waals surface area contributed by atoms with Crippen LogP contribution in [0.25, 0.3) is 89.5 Å². The van der Waals surface area contributed by atoms with E-state index >= 15 is 0 Å². The van der Waals surface area contributed by atoms with E-state index in [1.54, 1.807) is 0 Å². The zero-order chi connectivity index (χ0) is 40.3. The molecule has 9 aromatic carbocycles. The monoisotopic (exact) mass is 774 g/mol. The molecule has 0 N–H and O–H groups in total. The first-order valence-corrected chi connectivity index (χ1v) is 21.0. The standard InChI is InChI=1S/C59H38N2/c1-3-15-39(16-4-1)41-27-31-43(32-28-41)56-38-57(44-33-29-42(30-34-44)40-17-5-2-6-18-40)61-58(60-56)45-35-36-55-51(37-45)47-20-8-7-19-46(47)48-21-9-12-24-52(48)59(55)53-25-13-10-22-49(53)50-23-11-14-26-54(50)59/h1-38H. The summed E-state index contributed by atoms with van der Waals surface area (Å²) in [6.45, 7) is 0. The number of hydrogen-bond acceptors (Lipinski definition) is 2. The zero-order valence-electron chi connectivity index (χ0n) is 33.3. The van der Waals surface area contributed by atoms with E-state index in [0.717, 1.165) is 28.1 Å². The minimum atomic E-state index is -0.536. The summed E-state index contributed by atoms with van der Waals surface area (Å²) in [5, 5.41) is 0. The third-order valence-corrected chi connectivity index (χ3v) is 12.8. The topological polar surface area (TPSA) is 25.8 Å². The third-order valence-electron chi connectivity index (χ3n) is 12.8. The van der Waals surface area contributed by atoms with Crippen LogP contribution in [0.15, 0.2) is 231 Å². The Balaban J connectivity index is 1.08. The first-order chi connectivity index (χ1) is 30.2. The van der Waals surface area contributed by atoms with Crippen LogP contribution in [0.2, 0.25) is 0 Å². The molecule has 2 nitrogen and oxygen atoms in total. The van der Waals surface area contributed by atoms with Crippen LogP contribution in [0.4, 0.5) is 0 Å². The Hall–Kier alpha value is -7.94. The molecular formula is C59H38N2. The van der Waals surface area contributed by atoms with Crippen LogP contribution < -0.4 is 0 Å². The fraction of sp³-hybridized carbons (Fsp3) is 0.0169. The predicted octanol–water partition coefficient (Wildman–Crippen LogP) is 14.8. The lowest BCUT2D eigenvalue weighted by Crippen LogP contribution is -2.29. The van der Waals surface area contributed by atoms with Crippen molar-refractivity contribution >= 4 is 0 Å². The number of hydrogen-bond donors (Lipinski definition) is 0. The summed E-state index contributed by atoms with van der Waals surface area (Å²) in [6.07, 6.45) is 0. The van der Waals surface area contributed by atoms with Crippen molar-refractivity contribution in [1.29, 1.82) is 0 Å². The summed E-state index contributed by atoms with van der Waals surface area (Å²) in [4.78, 5) is 10.8. The Morgan fingerprint density at radius 1 is 0.230 bits per heavy atom. The molecule has 1 spiro atoms. The van der Waals surface area contributed by atoms with Crippen molar-refractivity contribution < 1.29 is 0 Å². The summed E-state index contributed by atoms with van der Waals surface area (Å²) in [5.41, 5.74) is 21.6. The first-order valence-electron chi connectivity index (χ1n) is 21.0. The lowest BCUT2D eigenvalue weighted by Gasteiger charge is -2.35. The average molecular weight is 775 g/mol. The van der Waals surface area contributed by atoms with Crippen LogP contribution in [-0.4, -0.2) is 9.97 Å². The van der Waals surface area contributed by atoms with Gasteiger partial charge in [-0.3, -0.25) is 0 Å². The Labute approximate surface area is 356 Å². The summed E-state index contributed by atoms with van der Waals surface area (Å²) in [5.74, 6) is 0.690. The number of nitrogens with zero attached hydrogens (tertiary/aromatic N) is 2. The van der Waals surface area contributed by atoms with Crippen molar-refractivity contribution in [2.45, 2.75) is 5.41 Å². The average Bonchev–Trinajstić information content (AvgIpc) is 3.59. The molecule has 0 radical (unpaired) electrons. The highest BCUT2D eigenvalue weighted by Crippen LogP contribution is 2.61. The minimum Gasteiger partial charge on any atom is -0.228 e. The minimum absolute atomic E-state index is 0.536. The Kier molecular flexibility index (Phi) is 8.11. The van der Waals surface area contributed by atoms with Gasteiger partial charge in [-0.25, -0.2) is 9.97 Å². The van der Waals surface area contributed by atoms with E-state index in [-0.39, 0.29) is 0 Å². The first kappa shape index (κ1) is 35.0. The van der Waals surface area contributed by atoms with E-state index in [1.807, 2.05) is 0 Å². The SMILES string of the molecule is c1ccc(-c2ccc(-c3cc(-c4ccc(-c5ccccc5)cc4)nc(-c4ccc5c(c4)-c4ccccc4-c4ccccc4C54c5ccccc5-c5ccccc54)n3)cc2)cc1. The Morgan fingerprint density at radius 2 is 0.557 bits per heavy atom. The summed E-state index contributed by atoms with van der Waals surface area (Å²) >= 11 is 0. The van der Waals surface area contributed by atoms with Crippen LogP contribution in [-0.2, 0) is 5.41 Å². The molecular weight excluding hydrogens is 737 g/mol. The normalized spacial score (nSPS) is 12.7. The van der Waals surface area contributed by atoms with Gasteiger partial charge in [-0.15, -0.1) is 0 Å². The molecule has 2 aliphatic rings. The van der Waals surface area contributed by atoms with Crippen LogP contribution in [0.1, 0.15) is 22.3 Å². The van der Waals surface area contributed by atoms with Gasteiger partial charge in [0.05, 0.1) is 16.8 Å². The van der Waals surface area contributed by atoms with Crippen LogP contribution in [0.3, 0.4) is 0 Å². The lowest BCUT2D eigenvalue weighted by atomic mass is 9.66. The van der Waals surface area contributed by atoms with Gasteiger partial charge in [0.1, 0.15) is 0 Å². The molecule has 0 saturated carbocycles. The van der Waals surface area contributed by atoms with E-state index in [2.05, 4.69) is 231 Å². The van der Waals surface area contributed by atoms with E-state index in [1.165, 1.54) is 77.9 Å². The highest BCUT2D eigenvalue weighted by Gasteiger charge is 2.49. The van der Waals surface area contributed by atoms with Gasteiger partial charge >= 0.3 is 0 Å². The second kappa shape index (κ2) is 14.1. The van der Waals surface area contributed by atoms with Crippen molar-refractivity contribution in [2.75, 3.05) is 0 Å². The van der Waals surface area contributed by atoms with Gasteiger partial charge < -0.3 is 0 Å². The van der Waals surface area contributed by atoms with Crippen molar-refractivity contribution in [1.82, 2.24) is 9.97 Å². The van der Waals surface area contributed by atoms with Crippen LogP contribution in [0.5, 0.6) is 0 Å². The third kappa shape index (κ3) is 5.57. The number of benzene rings is 9. The van der Waals surface area contributed by atoms with Gasteiger partial charge in [-0.05, 0) is 90.0 Å². The van der Waals surface area contributed by atoms with E-state index < -0.39 is 5.41 Å². The van der Waals surface area contributed by atoms with Gasteiger partial charge in [0, 0.05) is 16.7 Å². The second-order valence-corrected chi connectivity index (χ2v) is 16.0. The quantitative estimate of drug-likeness (QED) is 0.174. The van der Waals surface area contributed by atoms with Gasteiger partial charge in [-0.2, -0.15) is 0 Å². The molecule has 1 heterocycles. The molecule has 0 amide bonds. The molecule has 1 aromatic heterocycles. The summed E-state index contributed by atoms with van der Waals surface area (Å²) in [6, 6.07) is 83.5. The maximum Gasteiger partial charge on any atom is 0.160 e. The van der Waals surface area contributed by atoms with Crippen LogP contribution in [0, 0.1) is 0 Å². The molecule has 0 unspecified atom stereocenters. The van der Waals surface area contributed by atoms with Crippen LogP contribution >= 0.6 is 0 Å². The van der Waals surface area contributed by atoms with Crippen molar-refractivity contribution in [3.8, 4) is 89.5 Å². The summed E-state index contributed by atoms with van der Waals surface area (Å²) < 4.78 is 0. The predicted molar refractivity (Wildman–Crippen MR) is 251 cm³/mol. The smallest absolute Gasteiger partial charge is 0.160 e. The molecule has 12 rings (SSSR count). The molecule has 2 heteroatoms. The summed E-state index contributed by atoms with van der Waals surface area (Å²) in [7, 11) is 0. The highest BCUT2D eigenvalue weighted by molar-refractivity contribution is 5.98. The maximum absolute atomic E-state index is 5.38. The van der Waals surface area contributed by atoms with E-state index in [4.69, 9.17) is 9.97 Å². The molecule has 0 atom stereocenters. The lowest BCUT2D eigenvalue weighted by molar-refractivity contribution is 0.775. The fourth-order valence-electron chi connectivity index (χ4n) is 9.99. The molecule has 0 fully saturated rings. The fourth-order valence-corrected chi connectivity index (χ4v) is 9.99. The van der Waals surface area contributed by atoms with E-state index in [9.17, 15) is 0 Å². The zero-order valence-corrected chi connectivity index (χ0v) is 33.3. The molecule has 284 valence electrons. The van der Waals surface area contributed by atoms with Gasteiger partial charge in [-0.1, -0.05) is 218 Å². The second-order valence-electron chi connectivity index (χ2n) is 16.0. The molecule has 61 heavy (non-hydrogen) atoms. The van der Waals surface area contributed by atoms with Crippen molar-refractivity contribution in [2.24, 2.45) is 0 Å². The maximum atomic E-state index is 5.38.